The highest BCUT2D eigenvalue weighted by molar-refractivity contribution is 14.1. The van der Waals surface area contributed by atoms with E-state index in [1.54, 1.807) is 30.3 Å². The smallest absolute Gasteiger partial charge is 0.290 e. The van der Waals surface area contributed by atoms with E-state index in [9.17, 15) is 24.6 Å². The average molecular weight is 709 g/mol. The molecule has 12 nitrogen and oxygen atoms in total. The van der Waals surface area contributed by atoms with Crippen molar-refractivity contribution in [3.63, 3.8) is 0 Å². The van der Waals surface area contributed by atoms with E-state index in [4.69, 9.17) is 23.4 Å². The summed E-state index contributed by atoms with van der Waals surface area (Å²) in [5.74, 6) is -0.0268. The molecule has 2 amide bonds. The molecule has 3 N–H and O–H groups in total. The van der Waals surface area contributed by atoms with Crippen LogP contribution in [-0.4, -0.2) is 99.1 Å². The van der Waals surface area contributed by atoms with Gasteiger partial charge in [-0.1, -0.05) is 12.1 Å². The Labute approximate surface area is 261 Å². The van der Waals surface area contributed by atoms with Gasteiger partial charge in [0.2, 0.25) is 5.91 Å². The zero-order valence-electron chi connectivity index (χ0n) is 23.9. The molecule has 0 spiro atoms. The van der Waals surface area contributed by atoms with Crippen molar-refractivity contribution in [2.75, 3.05) is 47.6 Å². The predicted octanol–water partition coefficient (Wildman–Crippen LogP) is 2.57. The molecule has 3 aromatic rings. The maximum Gasteiger partial charge on any atom is 0.290 e. The molecule has 0 radical (unpaired) electrons. The molecule has 0 saturated heterocycles. The van der Waals surface area contributed by atoms with Crippen LogP contribution in [0.15, 0.2) is 52.5 Å². The van der Waals surface area contributed by atoms with Crippen LogP contribution in [-0.2, 0) is 9.53 Å². The molecular formula is C30H33IN2O10. The van der Waals surface area contributed by atoms with Crippen LogP contribution in [0, 0.1) is 3.57 Å². The number of aldehydes is 1. The van der Waals surface area contributed by atoms with E-state index in [-0.39, 0.29) is 55.6 Å². The fourth-order valence-electron chi connectivity index (χ4n) is 4.89. The fraction of sp³-hybridized carbons (Fsp3) is 0.367. The van der Waals surface area contributed by atoms with Gasteiger partial charge in [0.05, 0.1) is 37.0 Å². The standard InChI is InChI=1S/C30H33IN2O10/c1-39-10-8-33(30(38)25-14-18-5-4-6-22(40-2)27(18)43-25)21-13-19(29(37)32-7-9-34)15-23(26(21)36)42-28-20(31)11-17(16-35)12-24(28)41-3/h4-6,11-12,14-16,21,23,26,34,36H,7-10,13H2,1-3H3,(H,32,37)/t21-,23+,26+/m1/s1. The monoisotopic (exact) mass is 708 g/mol. The molecule has 0 bridgehead atoms. The van der Waals surface area contributed by atoms with Gasteiger partial charge >= 0.3 is 0 Å². The second-order valence-corrected chi connectivity index (χ2v) is 10.8. The van der Waals surface area contributed by atoms with Gasteiger partial charge in [-0.05, 0) is 52.9 Å². The number of carbonyl (C=O) groups is 3. The molecule has 0 fully saturated rings. The average Bonchev–Trinajstić information content (AvgIpc) is 3.46. The highest BCUT2D eigenvalue weighted by atomic mass is 127. The van der Waals surface area contributed by atoms with Crippen LogP contribution in [0.25, 0.3) is 11.0 Å². The van der Waals surface area contributed by atoms with Gasteiger partial charge in [0, 0.05) is 43.1 Å². The summed E-state index contributed by atoms with van der Waals surface area (Å²) in [5, 5.41) is 24.2. The summed E-state index contributed by atoms with van der Waals surface area (Å²) in [6.45, 7) is -0.0462. The number of ether oxygens (including phenoxy) is 4. The third-order valence-corrected chi connectivity index (χ3v) is 7.79. The van der Waals surface area contributed by atoms with Crippen molar-refractivity contribution in [3.05, 3.63) is 62.9 Å². The van der Waals surface area contributed by atoms with Crippen LogP contribution >= 0.6 is 22.6 Å². The number of furan rings is 1. The molecule has 13 heteroatoms. The van der Waals surface area contributed by atoms with Crippen LogP contribution in [0.2, 0.25) is 0 Å². The third-order valence-electron chi connectivity index (χ3n) is 6.99. The van der Waals surface area contributed by atoms with E-state index < -0.39 is 30.1 Å². The van der Waals surface area contributed by atoms with Gasteiger partial charge in [-0.25, -0.2) is 0 Å². The van der Waals surface area contributed by atoms with Crippen molar-refractivity contribution in [1.29, 1.82) is 0 Å². The number of aliphatic hydroxyl groups is 2. The third kappa shape index (κ3) is 7.12. The van der Waals surface area contributed by atoms with E-state index in [0.717, 1.165) is 0 Å². The number of hydrogen-bond acceptors (Lipinski definition) is 10. The van der Waals surface area contributed by atoms with E-state index in [0.29, 0.717) is 32.1 Å². The lowest BCUT2D eigenvalue weighted by atomic mass is 9.88. The van der Waals surface area contributed by atoms with Crippen LogP contribution in [0.5, 0.6) is 17.2 Å². The van der Waals surface area contributed by atoms with Gasteiger partial charge in [0.25, 0.3) is 5.91 Å². The largest absolute Gasteiger partial charge is 0.493 e. The van der Waals surface area contributed by atoms with Gasteiger partial charge in [-0.3, -0.25) is 14.4 Å². The van der Waals surface area contributed by atoms with Crippen molar-refractivity contribution in [2.24, 2.45) is 0 Å². The van der Waals surface area contributed by atoms with E-state index in [1.807, 2.05) is 22.6 Å². The Morgan fingerprint density at radius 1 is 1.16 bits per heavy atom. The van der Waals surface area contributed by atoms with Gasteiger partial charge < -0.3 is 43.8 Å². The first-order valence-electron chi connectivity index (χ1n) is 13.4. The molecule has 4 rings (SSSR count). The van der Waals surface area contributed by atoms with Crippen LogP contribution in [0.4, 0.5) is 0 Å². The number of halogens is 1. The molecule has 1 aromatic heterocycles. The highest BCUT2D eigenvalue weighted by Gasteiger charge is 2.41. The summed E-state index contributed by atoms with van der Waals surface area (Å²) in [4.78, 5) is 39.9. The van der Waals surface area contributed by atoms with Crippen molar-refractivity contribution >= 4 is 51.7 Å². The minimum Gasteiger partial charge on any atom is -0.493 e. The summed E-state index contributed by atoms with van der Waals surface area (Å²) in [7, 11) is 4.41. The first kappa shape index (κ1) is 32.3. The van der Waals surface area contributed by atoms with Gasteiger partial charge in [0.1, 0.15) is 18.5 Å². The van der Waals surface area contributed by atoms with E-state index >= 15 is 0 Å². The SMILES string of the molecule is COCCN(C(=O)c1cc2cccc(OC)c2o1)[C@@H]1CC(C(=O)NCCO)=C[C@H](Oc2c(I)cc(C=O)cc2OC)[C@H]1O. The number of nitrogens with one attached hydrogen (secondary N) is 1. The summed E-state index contributed by atoms with van der Waals surface area (Å²) in [6, 6.07) is 9.03. The first-order valence-corrected chi connectivity index (χ1v) is 14.5. The summed E-state index contributed by atoms with van der Waals surface area (Å²) in [6.07, 6.45) is -0.263. The molecule has 43 heavy (non-hydrogen) atoms. The number of fused-ring (bicyclic) bond motifs is 1. The fourth-order valence-corrected chi connectivity index (χ4v) is 5.64. The Hall–Kier alpha value is -3.66. The van der Waals surface area contributed by atoms with Gasteiger partial charge in [-0.15, -0.1) is 0 Å². The molecule has 0 aliphatic heterocycles. The lowest BCUT2D eigenvalue weighted by Gasteiger charge is -2.40. The number of rotatable bonds is 13. The summed E-state index contributed by atoms with van der Waals surface area (Å²) in [5.41, 5.74) is 1.01. The Balaban J connectivity index is 1.75. The Morgan fingerprint density at radius 2 is 1.93 bits per heavy atom. The second kappa shape index (κ2) is 14.7. The summed E-state index contributed by atoms with van der Waals surface area (Å²) < 4.78 is 28.8. The Bertz CT molecular complexity index is 1500. The van der Waals surface area contributed by atoms with E-state index in [2.05, 4.69) is 5.32 Å². The Morgan fingerprint density at radius 3 is 2.60 bits per heavy atom. The second-order valence-electron chi connectivity index (χ2n) is 9.65. The molecule has 1 heterocycles. The number of nitrogens with zero attached hydrogens (tertiary/aromatic N) is 1. The maximum atomic E-state index is 14.0. The van der Waals surface area contributed by atoms with Crippen molar-refractivity contribution < 1.29 is 48.0 Å². The maximum absolute atomic E-state index is 14.0. The molecule has 3 atom stereocenters. The van der Waals surface area contributed by atoms with Crippen LogP contribution < -0.4 is 19.5 Å². The molecular weight excluding hydrogens is 675 g/mol. The number of amides is 2. The highest BCUT2D eigenvalue weighted by Crippen LogP contribution is 2.37. The Kier molecular flexibility index (Phi) is 11.0. The first-order chi connectivity index (χ1) is 20.8. The molecule has 0 unspecified atom stereocenters. The summed E-state index contributed by atoms with van der Waals surface area (Å²) >= 11 is 1.99. The van der Waals surface area contributed by atoms with Crippen molar-refractivity contribution in [2.45, 2.75) is 24.7 Å². The number of para-hydroxylation sites is 1. The van der Waals surface area contributed by atoms with Crippen LogP contribution in [0.3, 0.4) is 0 Å². The molecule has 2 aromatic carbocycles. The number of carbonyl (C=O) groups excluding carboxylic acids is 3. The van der Waals surface area contributed by atoms with E-state index in [1.165, 1.54) is 38.4 Å². The molecule has 230 valence electrons. The minimum absolute atomic E-state index is 0.0148. The molecule has 1 aliphatic rings. The van der Waals surface area contributed by atoms with Crippen LogP contribution in [0.1, 0.15) is 27.3 Å². The lowest BCUT2D eigenvalue weighted by Crippen LogP contribution is -2.55. The van der Waals surface area contributed by atoms with Gasteiger partial charge in [-0.2, -0.15) is 0 Å². The number of methoxy groups -OCH3 is 3. The number of benzene rings is 2. The topological polar surface area (TPSA) is 157 Å². The predicted molar refractivity (Wildman–Crippen MR) is 164 cm³/mol. The molecule has 0 saturated carbocycles. The number of aliphatic hydroxyl groups excluding tert-OH is 2. The quantitative estimate of drug-likeness (QED) is 0.178. The van der Waals surface area contributed by atoms with Crippen molar-refractivity contribution in [1.82, 2.24) is 10.2 Å². The zero-order chi connectivity index (χ0) is 31.1. The molecule has 1 aliphatic carbocycles. The van der Waals surface area contributed by atoms with Gasteiger partial charge in [0.15, 0.2) is 28.6 Å². The normalized spacial score (nSPS) is 18.1. The minimum atomic E-state index is -1.31. The zero-order valence-corrected chi connectivity index (χ0v) is 26.0. The number of hydrogen-bond donors (Lipinski definition) is 3. The lowest BCUT2D eigenvalue weighted by molar-refractivity contribution is -0.118. The van der Waals surface area contributed by atoms with Crippen molar-refractivity contribution in [3.8, 4) is 17.2 Å².